The Bertz CT molecular complexity index is 309. The smallest absolute Gasteiger partial charge is 0.220 e. The molecule has 84 valence electrons. The molecule has 2 N–H and O–H groups in total. The van der Waals surface area contributed by atoms with Crippen molar-refractivity contribution in [1.29, 1.82) is 0 Å². The molecule has 0 aromatic rings. The summed E-state index contributed by atoms with van der Waals surface area (Å²) in [4.78, 5) is 0.00348. The molecule has 0 aliphatic rings. The van der Waals surface area contributed by atoms with Gasteiger partial charge < -0.3 is 5.73 Å². The summed E-state index contributed by atoms with van der Waals surface area (Å²) < 4.78 is 24.7. The van der Waals surface area contributed by atoms with Gasteiger partial charge in [-0.15, -0.1) is 0 Å². The van der Waals surface area contributed by atoms with Crippen LogP contribution in [0, 0.1) is 0 Å². The van der Waals surface area contributed by atoms with Crippen LogP contribution in [0.15, 0.2) is 0 Å². The lowest BCUT2D eigenvalue weighted by molar-refractivity contribution is 0.258. The van der Waals surface area contributed by atoms with Crippen molar-refractivity contribution in [1.82, 2.24) is 4.31 Å². The van der Waals surface area contributed by atoms with Gasteiger partial charge in [-0.2, -0.15) is 4.31 Å². The molecule has 0 radical (unpaired) electrons. The van der Waals surface area contributed by atoms with Crippen molar-refractivity contribution in [3.63, 3.8) is 0 Å². The molecule has 0 unspecified atom stereocenters. The van der Waals surface area contributed by atoms with Crippen molar-refractivity contribution in [2.24, 2.45) is 5.73 Å². The van der Waals surface area contributed by atoms with E-state index < -0.39 is 15.6 Å². The Morgan fingerprint density at radius 2 is 1.93 bits per heavy atom. The molecule has 0 atom stereocenters. The van der Waals surface area contributed by atoms with Crippen LogP contribution < -0.4 is 5.73 Å². The van der Waals surface area contributed by atoms with Crippen LogP contribution in [0.2, 0.25) is 0 Å². The highest BCUT2D eigenvalue weighted by molar-refractivity contribution is 7.92. The lowest BCUT2D eigenvalue weighted by atomic mass is 10.0. The second-order valence-electron chi connectivity index (χ2n) is 3.86. The minimum atomic E-state index is -3.36. The summed E-state index contributed by atoms with van der Waals surface area (Å²) in [6.07, 6.45) is 0.736. The second kappa shape index (κ2) is 4.55. The average Bonchev–Trinajstić information content (AvgIpc) is 2.00. The van der Waals surface area contributed by atoms with Crippen LogP contribution in [0.25, 0.3) is 0 Å². The number of hydrogen-bond acceptors (Lipinski definition) is 3. The van der Waals surface area contributed by atoms with Crippen molar-refractivity contribution in [3.8, 4) is 0 Å². The van der Waals surface area contributed by atoms with Crippen LogP contribution in [0.4, 0.5) is 0 Å². The standard InChI is InChI=1S/C8H18N2O2S2/c1-5-8(2,3)10(4)14(11,12)6-7(9)13/h5-6H2,1-4H3,(H2,9,13). The molecular weight excluding hydrogens is 220 g/mol. The first kappa shape index (κ1) is 13.8. The maximum atomic E-state index is 11.7. The Kier molecular flexibility index (Phi) is 4.48. The van der Waals surface area contributed by atoms with E-state index in [1.54, 1.807) is 7.05 Å². The first-order valence-electron chi connectivity index (χ1n) is 4.38. The number of rotatable bonds is 5. The number of sulfonamides is 1. The summed E-state index contributed by atoms with van der Waals surface area (Å²) in [5.41, 5.74) is 4.83. The van der Waals surface area contributed by atoms with E-state index >= 15 is 0 Å². The van der Waals surface area contributed by atoms with Gasteiger partial charge in [0.1, 0.15) is 5.75 Å². The number of nitrogens with zero attached hydrogens (tertiary/aromatic N) is 1. The van der Waals surface area contributed by atoms with Crippen molar-refractivity contribution >= 4 is 27.2 Å². The maximum Gasteiger partial charge on any atom is 0.220 e. The van der Waals surface area contributed by atoms with E-state index in [-0.39, 0.29) is 10.7 Å². The first-order valence-corrected chi connectivity index (χ1v) is 6.40. The zero-order chi connectivity index (χ0) is 11.6. The zero-order valence-electron chi connectivity index (χ0n) is 9.07. The molecule has 0 aliphatic carbocycles. The molecule has 0 saturated carbocycles. The number of nitrogens with two attached hydrogens (primary N) is 1. The van der Waals surface area contributed by atoms with E-state index in [0.717, 1.165) is 6.42 Å². The van der Waals surface area contributed by atoms with Gasteiger partial charge in [0.2, 0.25) is 10.0 Å². The van der Waals surface area contributed by atoms with Crippen molar-refractivity contribution in [3.05, 3.63) is 0 Å². The van der Waals surface area contributed by atoms with Gasteiger partial charge >= 0.3 is 0 Å². The third kappa shape index (κ3) is 3.51. The Morgan fingerprint density at radius 3 is 2.21 bits per heavy atom. The van der Waals surface area contributed by atoms with Crippen LogP contribution >= 0.6 is 12.2 Å². The molecular formula is C8H18N2O2S2. The molecule has 0 bridgehead atoms. The van der Waals surface area contributed by atoms with Crippen molar-refractivity contribution in [2.75, 3.05) is 12.8 Å². The maximum absolute atomic E-state index is 11.7. The quantitative estimate of drug-likeness (QED) is 0.717. The van der Waals surface area contributed by atoms with Gasteiger partial charge in [0.15, 0.2) is 0 Å². The molecule has 0 fully saturated rings. The summed E-state index contributed by atoms with van der Waals surface area (Å²) >= 11 is 4.59. The summed E-state index contributed by atoms with van der Waals surface area (Å²) in [7, 11) is -1.81. The molecule has 0 heterocycles. The SMILES string of the molecule is CCC(C)(C)N(C)S(=O)(=O)CC(N)=S. The van der Waals surface area contributed by atoms with Gasteiger partial charge in [-0.3, -0.25) is 0 Å². The minimum Gasteiger partial charge on any atom is -0.392 e. The van der Waals surface area contributed by atoms with Gasteiger partial charge in [0, 0.05) is 12.6 Å². The zero-order valence-corrected chi connectivity index (χ0v) is 10.7. The Labute approximate surface area is 91.5 Å². The number of hydrogen-bond donors (Lipinski definition) is 1. The van der Waals surface area contributed by atoms with Crippen LogP contribution in [0.1, 0.15) is 27.2 Å². The fourth-order valence-corrected chi connectivity index (χ4v) is 2.76. The van der Waals surface area contributed by atoms with E-state index in [9.17, 15) is 8.42 Å². The van der Waals surface area contributed by atoms with E-state index in [4.69, 9.17) is 5.73 Å². The Hall–Kier alpha value is -0.200. The normalized spacial score (nSPS) is 13.2. The monoisotopic (exact) mass is 238 g/mol. The van der Waals surface area contributed by atoms with E-state index in [0.29, 0.717) is 0 Å². The van der Waals surface area contributed by atoms with E-state index in [1.165, 1.54) is 4.31 Å². The van der Waals surface area contributed by atoms with Crippen molar-refractivity contribution < 1.29 is 8.42 Å². The molecule has 0 aromatic carbocycles. The van der Waals surface area contributed by atoms with Gasteiger partial charge in [-0.1, -0.05) is 19.1 Å². The average molecular weight is 238 g/mol. The fraction of sp³-hybridized carbons (Fsp3) is 0.875. The highest BCUT2D eigenvalue weighted by Gasteiger charge is 2.31. The predicted molar refractivity (Wildman–Crippen MR) is 62.7 cm³/mol. The summed E-state index contributed by atoms with van der Waals surface area (Å²) in [6, 6.07) is 0. The largest absolute Gasteiger partial charge is 0.392 e. The Morgan fingerprint density at radius 1 is 1.50 bits per heavy atom. The third-order valence-electron chi connectivity index (χ3n) is 2.46. The van der Waals surface area contributed by atoms with Crippen molar-refractivity contribution in [2.45, 2.75) is 32.7 Å². The van der Waals surface area contributed by atoms with E-state index in [1.807, 2.05) is 20.8 Å². The third-order valence-corrected chi connectivity index (χ3v) is 4.79. The molecule has 6 heteroatoms. The van der Waals surface area contributed by atoms with Crippen LogP contribution in [0.5, 0.6) is 0 Å². The summed E-state index contributed by atoms with van der Waals surface area (Å²) in [6.45, 7) is 5.67. The van der Waals surface area contributed by atoms with Crippen LogP contribution in [0.3, 0.4) is 0 Å². The molecule has 0 saturated heterocycles. The van der Waals surface area contributed by atoms with Gasteiger partial charge in [-0.25, -0.2) is 8.42 Å². The molecule has 0 aliphatic heterocycles. The Balaban J connectivity index is 4.85. The molecule has 0 aromatic heterocycles. The lowest BCUT2D eigenvalue weighted by Gasteiger charge is -2.33. The van der Waals surface area contributed by atoms with E-state index in [2.05, 4.69) is 12.2 Å². The highest BCUT2D eigenvalue weighted by Crippen LogP contribution is 2.20. The first-order chi connectivity index (χ1) is 6.13. The molecule has 0 amide bonds. The summed E-state index contributed by atoms with van der Waals surface area (Å²) in [5, 5.41) is 0. The summed E-state index contributed by atoms with van der Waals surface area (Å²) in [5.74, 6) is -0.262. The highest BCUT2D eigenvalue weighted by atomic mass is 32.2. The van der Waals surface area contributed by atoms with Gasteiger partial charge in [-0.05, 0) is 20.3 Å². The molecule has 0 spiro atoms. The molecule has 14 heavy (non-hydrogen) atoms. The van der Waals surface area contributed by atoms with Crippen LogP contribution in [-0.4, -0.2) is 36.1 Å². The second-order valence-corrected chi connectivity index (χ2v) is 6.38. The molecule has 0 rings (SSSR count). The fourth-order valence-electron chi connectivity index (χ4n) is 0.876. The predicted octanol–water partition coefficient (Wildman–Crippen LogP) is 0.723. The van der Waals surface area contributed by atoms with Gasteiger partial charge in [0.05, 0.1) is 4.99 Å². The van der Waals surface area contributed by atoms with Crippen LogP contribution in [-0.2, 0) is 10.0 Å². The molecule has 4 nitrogen and oxygen atoms in total. The minimum absolute atomic E-state index is 0.00348. The topological polar surface area (TPSA) is 63.4 Å². The van der Waals surface area contributed by atoms with Gasteiger partial charge in [0.25, 0.3) is 0 Å². The lowest BCUT2D eigenvalue weighted by Crippen LogP contribution is -2.46. The number of thiocarbonyl (C=S) groups is 1.